The molecule has 0 aliphatic rings. The van der Waals surface area contributed by atoms with E-state index >= 15 is 0 Å². The van der Waals surface area contributed by atoms with Crippen LogP contribution in [0.4, 0.5) is 0 Å². The lowest BCUT2D eigenvalue weighted by molar-refractivity contribution is -0.145. The van der Waals surface area contributed by atoms with Crippen LogP contribution in [0.5, 0.6) is 0 Å². The highest BCUT2D eigenvalue weighted by atomic mass is 16.6. The highest BCUT2D eigenvalue weighted by molar-refractivity contribution is 5.13. The summed E-state index contributed by atoms with van der Waals surface area (Å²) in [5.41, 5.74) is 1.02. The van der Waals surface area contributed by atoms with Crippen LogP contribution >= 0.6 is 0 Å². The van der Waals surface area contributed by atoms with Gasteiger partial charge in [0.25, 0.3) is 0 Å². The molecule has 0 bridgehead atoms. The van der Waals surface area contributed by atoms with E-state index in [4.69, 9.17) is 4.74 Å². The Kier molecular flexibility index (Phi) is 5.72. The molecule has 4 heteroatoms. The number of aliphatic hydroxyl groups excluding tert-OH is 1. The first-order chi connectivity index (χ1) is 10.2. The summed E-state index contributed by atoms with van der Waals surface area (Å²) in [5.74, 6) is -0.0174. The van der Waals surface area contributed by atoms with Crippen molar-refractivity contribution in [1.29, 1.82) is 0 Å². The number of hydrogen-bond acceptors (Lipinski definition) is 3. The quantitative estimate of drug-likeness (QED) is 0.796. The minimum absolute atomic E-state index is 0.0137. The first-order valence-electron chi connectivity index (χ1n) is 7.18. The highest BCUT2D eigenvalue weighted by Gasteiger charge is 2.18. The summed E-state index contributed by atoms with van der Waals surface area (Å²) in [4.78, 5) is 11.1. The molecule has 1 N–H and O–H groups in total. The smallest absolute Gasteiger partial charge is 0.181 e. The van der Waals surface area contributed by atoms with Gasteiger partial charge in [-0.2, -0.15) is 0 Å². The molecule has 112 valence electrons. The normalized spacial score (nSPS) is 13.8. The van der Waals surface area contributed by atoms with E-state index < -0.39 is 6.29 Å². The van der Waals surface area contributed by atoms with E-state index in [0.717, 1.165) is 12.0 Å². The van der Waals surface area contributed by atoms with Crippen LogP contribution in [0.1, 0.15) is 18.9 Å². The molecule has 2 atom stereocenters. The van der Waals surface area contributed by atoms with Gasteiger partial charge in [0.2, 0.25) is 0 Å². The number of pyridine rings is 1. The third kappa shape index (κ3) is 4.85. The fraction of sp³-hybridized carbons (Fsp3) is 0.353. The second-order valence-electron chi connectivity index (χ2n) is 5.09. The fourth-order valence-electron chi connectivity index (χ4n) is 2.15. The predicted octanol–water partition coefficient (Wildman–Crippen LogP) is 2.41. The molecule has 1 aromatic heterocycles. The summed E-state index contributed by atoms with van der Waals surface area (Å²) in [6.07, 6.45) is 3.43. The second kappa shape index (κ2) is 7.76. The van der Waals surface area contributed by atoms with Crippen molar-refractivity contribution < 1.29 is 9.84 Å². The SMILES string of the molecule is CCC(Cn1ccc(=O)cc1)C(O)OCc1ccccc1. The van der Waals surface area contributed by atoms with Gasteiger partial charge in [0.1, 0.15) is 0 Å². The Morgan fingerprint density at radius 1 is 1.14 bits per heavy atom. The van der Waals surface area contributed by atoms with Crippen molar-refractivity contribution in [1.82, 2.24) is 4.57 Å². The van der Waals surface area contributed by atoms with Crippen molar-refractivity contribution in [2.75, 3.05) is 0 Å². The minimum Gasteiger partial charge on any atom is -0.368 e. The Hall–Kier alpha value is -1.91. The Morgan fingerprint density at radius 2 is 1.81 bits per heavy atom. The van der Waals surface area contributed by atoms with Gasteiger partial charge in [-0.1, -0.05) is 37.3 Å². The van der Waals surface area contributed by atoms with Gasteiger partial charge in [0.05, 0.1) is 6.61 Å². The molecule has 0 saturated heterocycles. The maximum Gasteiger partial charge on any atom is 0.181 e. The van der Waals surface area contributed by atoms with E-state index in [-0.39, 0.29) is 11.3 Å². The molecule has 1 heterocycles. The molecule has 0 fully saturated rings. The predicted molar refractivity (Wildman–Crippen MR) is 81.7 cm³/mol. The van der Waals surface area contributed by atoms with Gasteiger partial charge in [-0.15, -0.1) is 0 Å². The summed E-state index contributed by atoms with van der Waals surface area (Å²) in [6, 6.07) is 12.8. The van der Waals surface area contributed by atoms with Gasteiger partial charge >= 0.3 is 0 Å². The van der Waals surface area contributed by atoms with E-state index in [1.807, 2.05) is 41.8 Å². The third-order valence-corrected chi connectivity index (χ3v) is 3.50. The zero-order valence-corrected chi connectivity index (χ0v) is 12.2. The fourth-order valence-corrected chi connectivity index (χ4v) is 2.15. The van der Waals surface area contributed by atoms with Gasteiger partial charge in [-0.3, -0.25) is 4.79 Å². The topological polar surface area (TPSA) is 51.5 Å². The molecular formula is C17H21NO3. The molecule has 2 unspecified atom stereocenters. The number of hydrogen-bond donors (Lipinski definition) is 1. The summed E-state index contributed by atoms with van der Waals surface area (Å²) in [6.45, 7) is 3.03. The van der Waals surface area contributed by atoms with Crippen LogP contribution in [0.3, 0.4) is 0 Å². The Labute approximate surface area is 124 Å². The molecule has 4 nitrogen and oxygen atoms in total. The number of rotatable bonds is 7. The van der Waals surface area contributed by atoms with Crippen molar-refractivity contribution in [3.8, 4) is 0 Å². The van der Waals surface area contributed by atoms with Gasteiger partial charge in [0, 0.05) is 37.0 Å². The maximum absolute atomic E-state index is 11.1. The molecule has 0 radical (unpaired) electrons. The zero-order valence-electron chi connectivity index (χ0n) is 12.2. The first kappa shape index (κ1) is 15.5. The van der Waals surface area contributed by atoms with E-state index in [1.54, 1.807) is 12.4 Å². The molecule has 0 amide bonds. The second-order valence-corrected chi connectivity index (χ2v) is 5.09. The van der Waals surface area contributed by atoms with Gasteiger partial charge in [-0.05, 0) is 12.0 Å². The number of ether oxygens (including phenoxy) is 1. The first-order valence-corrected chi connectivity index (χ1v) is 7.18. The molecule has 21 heavy (non-hydrogen) atoms. The molecule has 1 aromatic carbocycles. The van der Waals surface area contributed by atoms with E-state index in [2.05, 4.69) is 0 Å². The Bertz CT molecular complexity index is 574. The molecule has 0 aliphatic heterocycles. The highest BCUT2D eigenvalue weighted by Crippen LogP contribution is 2.15. The number of aliphatic hydroxyl groups is 1. The van der Waals surface area contributed by atoms with Crippen molar-refractivity contribution in [2.24, 2.45) is 5.92 Å². The molecule has 0 saturated carbocycles. The molecule has 2 aromatic rings. The van der Waals surface area contributed by atoms with Crippen LogP contribution in [0, 0.1) is 5.92 Å². The van der Waals surface area contributed by atoms with Crippen molar-refractivity contribution in [2.45, 2.75) is 32.8 Å². The average Bonchev–Trinajstić information content (AvgIpc) is 2.53. The van der Waals surface area contributed by atoms with E-state index in [0.29, 0.717) is 13.2 Å². The van der Waals surface area contributed by atoms with Gasteiger partial charge < -0.3 is 14.4 Å². The lowest BCUT2D eigenvalue weighted by Gasteiger charge is -2.23. The average molecular weight is 287 g/mol. The number of aromatic nitrogens is 1. The van der Waals surface area contributed by atoms with Gasteiger partial charge in [-0.25, -0.2) is 0 Å². The number of nitrogens with zero attached hydrogens (tertiary/aromatic N) is 1. The van der Waals surface area contributed by atoms with Crippen LogP contribution in [0.25, 0.3) is 0 Å². The largest absolute Gasteiger partial charge is 0.368 e. The summed E-state index contributed by atoms with van der Waals surface area (Å²) in [5, 5.41) is 10.2. The molecule has 2 rings (SSSR count). The Balaban J connectivity index is 1.90. The standard InChI is InChI=1S/C17H21NO3/c1-2-15(12-18-10-8-16(19)9-11-18)17(20)21-13-14-6-4-3-5-7-14/h3-11,15,17,20H,2,12-13H2,1H3. The van der Waals surface area contributed by atoms with Crippen molar-refractivity contribution >= 4 is 0 Å². The monoisotopic (exact) mass is 287 g/mol. The van der Waals surface area contributed by atoms with E-state index in [1.165, 1.54) is 12.1 Å². The lowest BCUT2D eigenvalue weighted by atomic mass is 10.1. The van der Waals surface area contributed by atoms with Crippen molar-refractivity contribution in [3.63, 3.8) is 0 Å². The summed E-state index contributed by atoms with van der Waals surface area (Å²) < 4.78 is 7.45. The Morgan fingerprint density at radius 3 is 2.43 bits per heavy atom. The van der Waals surface area contributed by atoms with Crippen LogP contribution < -0.4 is 5.43 Å². The van der Waals surface area contributed by atoms with Crippen LogP contribution in [0.15, 0.2) is 59.7 Å². The summed E-state index contributed by atoms with van der Waals surface area (Å²) in [7, 11) is 0. The minimum atomic E-state index is -0.824. The van der Waals surface area contributed by atoms with Crippen LogP contribution in [-0.4, -0.2) is 16.0 Å². The molecule has 0 spiro atoms. The van der Waals surface area contributed by atoms with Crippen LogP contribution in [-0.2, 0) is 17.9 Å². The van der Waals surface area contributed by atoms with E-state index in [9.17, 15) is 9.90 Å². The molecular weight excluding hydrogens is 266 g/mol. The van der Waals surface area contributed by atoms with Gasteiger partial charge in [0.15, 0.2) is 11.7 Å². The van der Waals surface area contributed by atoms with Crippen LogP contribution in [0.2, 0.25) is 0 Å². The maximum atomic E-state index is 11.1. The third-order valence-electron chi connectivity index (χ3n) is 3.50. The summed E-state index contributed by atoms with van der Waals surface area (Å²) >= 11 is 0. The van der Waals surface area contributed by atoms with Crippen molar-refractivity contribution in [3.05, 3.63) is 70.6 Å². The zero-order chi connectivity index (χ0) is 15.1. The lowest BCUT2D eigenvalue weighted by Crippen LogP contribution is -2.27. The molecule has 0 aliphatic carbocycles. The number of benzene rings is 1.